The highest BCUT2D eigenvalue weighted by Gasteiger charge is 2.30. The summed E-state index contributed by atoms with van der Waals surface area (Å²) in [5, 5.41) is 3.04. The molecule has 0 unspecified atom stereocenters. The minimum absolute atomic E-state index is 0.0334. The highest BCUT2D eigenvalue weighted by atomic mass is 16.5. The molecule has 0 spiro atoms. The lowest BCUT2D eigenvalue weighted by Gasteiger charge is -2.32. The van der Waals surface area contributed by atoms with Crippen LogP contribution in [0.2, 0.25) is 0 Å². The minimum atomic E-state index is -0.0334. The van der Waals surface area contributed by atoms with Crippen molar-refractivity contribution in [1.82, 2.24) is 9.88 Å². The first kappa shape index (κ1) is 21.7. The monoisotopic (exact) mass is 448 g/mol. The maximum atomic E-state index is 12.7. The second-order valence-electron chi connectivity index (χ2n) is 9.50. The van der Waals surface area contributed by atoms with Gasteiger partial charge in [0.2, 0.25) is 11.8 Å². The molecule has 3 fully saturated rings. The number of hydrogen-bond donors (Lipinski definition) is 1. The van der Waals surface area contributed by atoms with Crippen molar-refractivity contribution in [2.24, 2.45) is 11.8 Å². The number of ether oxygens (including phenoxy) is 1. The maximum Gasteiger partial charge on any atom is 0.229 e. The van der Waals surface area contributed by atoms with Crippen LogP contribution in [0.1, 0.15) is 38.5 Å². The van der Waals surface area contributed by atoms with Crippen LogP contribution in [-0.4, -0.2) is 54.0 Å². The number of nitrogens with zero attached hydrogens (tertiary/aromatic N) is 3. The van der Waals surface area contributed by atoms with E-state index in [4.69, 9.17) is 4.74 Å². The molecule has 5 rings (SSSR count). The van der Waals surface area contributed by atoms with Crippen LogP contribution in [-0.2, 0) is 9.59 Å². The number of amides is 2. The Morgan fingerprint density at radius 3 is 2.48 bits per heavy atom. The van der Waals surface area contributed by atoms with Crippen LogP contribution in [0.4, 0.5) is 11.4 Å². The van der Waals surface area contributed by atoms with Gasteiger partial charge in [0, 0.05) is 57.3 Å². The van der Waals surface area contributed by atoms with Crippen molar-refractivity contribution in [2.45, 2.75) is 44.6 Å². The van der Waals surface area contributed by atoms with Gasteiger partial charge in [0.05, 0.1) is 17.8 Å². The lowest BCUT2D eigenvalue weighted by Crippen LogP contribution is -2.41. The number of anilines is 2. The lowest BCUT2D eigenvalue weighted by atomic mass is 10.1. The average molecular weight is 449 g/mol. The molecule has 2 amide bonds. The third kappa shape index (κ3) is 5.64. The Labute approximate surface area is 195 Å². The molecule has 2 aromatic rings. The van der Waals surface area contributed by atoms with E-state index in [9.17, 15) is 9.59 Å². The zero-order chi connectivity index (χ0) is 22.6. The number of pyridine rings is 1. The van der Waals surface area contributed by atoms with Crippen LogP contribution in [0, 0.1) is 11.8 Å². The number of benzene rings is 1. The number of rotatable bonds is 7. The van der Waals surface area contributed by atoms with Crippen LogP contribution < -0.4 is 15.0 Å². The zero-order valence-electron chi connectivity index (χ0n) is 19.0. The Morgan fingerprint density at radius 2 is 1.79 bits per heavy atom. The van der Waals surface area contributed by atoms with Gasteiger partial charge in [-0.15, -0.1) is 0 Å². The van der Waals surface area contributed by atoms with Crippen LogP contribution >= 0.6 is 0 Å². The molecule has 2 aliphatic heterocycles. The van der Waals surface area contributed by atoms with Crippen LogP contribution in [0.5, 0.6) is 5.75 Å². The van der Waals surface area contributed by atoms with Crippen molar-refractivity contribution < 1.29 is 14.3 Å². The number of carbonyl (C=O) groups excluding carboxylic acids is 2. The van der Waals surface area contributed by atoms with Crippen LogP contribution in [0.3, 0.4) is 0 Å². The summed E-state index contributed by atoms with van der Waals surface area (Å²) in [6.45, 7) is 3.13. The van der Waals surface area contributed by atoms with Crippen molar-refractivity contribution in [2.75, 3.05) is 36.4 Å². The van der Waals surface area contributed by atoms with E-state index in [1.165, 1.54) is 12.8 Å². The van der Waals surface area contributed by atoms with E-state index in [1.807, 2.05) is 47.5 Å². The summed E-state index contributed by atoms with van der Waals surface area (Å²) >= 11 is 0. The van der Waals surface area contributed by atoms with Crippen molar-refractivity contribution in [3.05, 3.63) is 48.8 Å². The SMILES string of the molecule is O=C(Nc1ccc(OC2CCN(C(=O)CC3CC3)CC2)cc1)[C@H]1CCN(c2cccnc2)C1. The van der Waals surface area contributed by atoms with Crippen LogP contribution in [0.25, 0.3) is 0 Å². The highest BCUT2D eigenvalue weighted by molar-refractivity contribution is 5.93. The molecule has 1 saturated carbocycles. The molecule has 1 atom stereocenters. The number of nitrogens with one attached hydrogen (secondary N) is 1. The van der Waals surface area contributed by atoms with Gasteiger partial charge in [0.15, 0.2) is 0 Å². The average Bonchev–Trinajstić information content (AvgIpc) is 3.52. The second kappa shape index (κ2) is 9.81. The largest absolute Gasteiger partial charge is 0.490 e. The van der Waals surface area contributed by atoms with Crippen molar-refractivity contribution in [3.8, 4) is 5.75 Å². The van der Waals surface area contributed by atoms with Crippen molar-refractivity contribution in [1.29, 1.82) is 0 Å². The summed E-state index contributed by atoms with van der Waals surface area (Å²) in [5.74, 6) is 1.77. The summed E-state index contributed by atoms with van der Waals surface area (Å²) in [5.41, 5.74) is 1.85. The van der Waals surface area contributed by atoms with Gasteiger partial charge in [0.1, 0.15) is 11.9 Å². The summed E-state index contributed by atoms with van der Waals surface area (Å²) in [6, 6.07) is 11.6. The summed E-state index contributed by atoms with van der Waals surface area (Å²) in [7, 11) is 0. The van der Waals surface area contributed by atoms with Crippen LogP contribution in [0.15, 0.2) is 48.8 Å². The Hall–Kier alpha value is -3.09. The minimum Gasteiger partial charge on any atom is -0.490 e. The molecule has 1 aromatic heterocycles. The lowest BCUT2D eigenvalue weighted by molar-refractivity contribution is -0.133. The predicted octanol–water partition coefficient (Wildman–Crippen LogP) is 3.72. The molecule has 174 valence electrons. The molecule has 1 aromatic carbocycles. The van der Waals surface area contributed by atoms with Gasteiger partial charge in [0.25, 0.3) is 0 Å². The van der Waals surface area contributed by atoms with E-state index in [-0.39, 0.29) is 17.9 Å². The fourth-order valence-electron chi connectivity index (χ4n) is 4.72. The normalized spacial score (nSPS) is 21.2. The maximum absolute atomic E-state index is 12.7. The Balaban J connectivity index is 1.06. The molecule has 0 bridgehead atoms. The first-order valence-corrected chi connectivity index (χ1v) is 12.1. The number of aromatic nitrogens is 1. The standard InChI is InChI=1S/C26H32N4O3/c31-25(16-19-3-4-19)29-14-10-24(11-15-29)33-23-7-5-21(6-8-23)28-26(32)20-9-13-30(18-20)22-2-1-12-27-17-22/h1-2,5-8,12,17,19-20,24H,3-4,9-11,13-16,18H2,(H,28,32)/t20-/m0/s1. The Morgan fingerprint density at radius 1 is 1.00 bits per heavy atom. The van der Waals surface area contributed by atoms with Gasteiger partial charge in [-0.1, -0.05) is 0 Å². The van der Waals surface area contributed by atoms with E-state index >= 15 is 0 Å². The topological polar surface area (TPSA) is 74.8 Å². The van der Waals surface area contributed by atoms with Crippen molar-refractivity contribution in [3.63, 3.8) is 0 Å². The smallest absolute Gasteiger partial charge is 0.229 e. The third-order valence-electron chi connectivity index (χ3n) is 6.95. The van der Waals surface area contributed by atoms with E-state index in [1.54, 1.807) is 6.20 Å². The molecule has 3 aliphatic rings. The summed E-state index contributed by atoms with van der Waals surface area (Å²) in [4.78, 5) is 33.4. The fraction of sp³-hybridized carbons (Fsp3) is 0.500. The number of piperidine rings is 1. The zero-order valence-corrected chi connectivity index (χ0v) is 19.0. The number of hydrogen-bond acceptors (Lipinski definition) is 5. The predicted molar refractivity (Wildman–Crippen MR) is 127 cm³/mol. The van der Waals surface area contributed by atoms with E-state index in [0.29, 0.717) is 18.4 Å². The van der Waals surface area contributed by atoms with Gasteiger partial charge in [-0.2, -0.15) is 0 Å². The molecule has 3 heterocycles. The fourth-order valence-corrected chi connectivity index (χ4v) is 4.72. The van der Waals surface area contributed by atoms with Crippen molar-refractivity contribution >= 4 is 23.2 Å². The van der Waals surface area contributed by atoms with E-state index in [0.717, 1.165) is 62.4 Å². The quantitative estimate of drug-likeness (QED) is 0.699. The summed E-state index contributed by atoms with van der Waals surface area (Å²) in [6.07, 6.45) is 9.45. The number of likely N-dealkylation sites (tertiary alicyclic amines) is 1. The first-order chi connectivity index (χ1) is 16.1. The molecule has 7 heteroatoms. The molecule has 33 heavy (non-hydrogen) atoms. The number of carbonyl (C=O) groups is 2. The molecular weight excluding hydrogens is 416 g/mol. The van der Waals surface area contributed by atoms with Gasteiger partial charge in [-0.05, 0) is 61.6 Å². The van der Waals surface area contributed by atoms with E-state index in [2.05, 4.69) is 15.2 Å². The van der Waals surface area contributed by atoms with Gasteiger partial charge in [-0.3, -0.25) is 14.6 Å². The van der Waals surface area contributed by atoms with Gasteiger partial charge < -0.3 is 19.9 Å². The Bertz CT molecular complexity index is 953. The second-order valence-corrected chi connectivity index (χ2v) is 9.50. The molecule has 2 saturated heterocycles. The molecule has 1 N–H and O–H groups in total. The first-order valence-electron chi connectivity index (χ1n) is 12.1. The molecule has 0 radical (unpaired) electrons. The molecule has 7 nitrogen and oxygen atoms in total. The summed E-state index contributed by atoms with van der Waals surface area (Å²) < 4.78 is 6.14. The Kier molecular flexibility index (Phi) is 6.46. The van der Waals surface area contributed by atoms with Gasteiger partial charge in [-0.25, -0.2) is 0 Å². The van der Waals surface area contributed by atoms with E-state index < -0.39 is 0 Å². The highest BCUT2D eigenvalue weighted by Crippen LogP contribution is 2.33. The molecular formula is C26H32N4O3. The third-order valence-corrected chi connectivity index (χ3v) is 6.95. The molecule has 1 aliphatic carbocycles. The van der Waals surface area contributed by atoms with Gasteiger partial charge >= 0.3 is 0 Å².